The zero-order chi connectivity index (χ0) is 17.5. The maximum Gasteiger partial charge on any atom is 0.358 e. The Balaban J connectivity index is 1.69. The van der Waals surface area contributed by atoms with Crippen LogP contribution in [0.25, 0.3) is 0 Å². The number of carbonyl (C=O) groups excluding carboxylic acids is 1. The number of hydrogen-bond acceptors (Lipinski definition) is 6. The lowest BCUT2D eigenvalue weighted by molar-refractivity contribution is 0.0689. The van der Waals surface area contributed by atoms with Gasteiger partial charge < -0.3 is 10.0 Å². The molecule has 1 atom stereocenters. The fourth-order valence-corrected chi connectivity index (χ4v) is 3.46. The highest BCUT2D eigenvalue weighted by atomic mass is 32.1. The van der Waals surface area contributed by atoms with Gasteiger partial charge in [-0.25, -0.2) is 14.5 Å². The summed E-state index contributed by atoms with van der Waals surface area (Å²) in [6.07, 6.45) is 2.12. The maximum absolute atomic E-state index is 12.6. The van der Waals surface area contributed by atoms with Crippen molar-refractivity contribution >= 4 is 23.2 Å². The summed E-state index contributed by atoms with van der Waals surface area (Å²) in [4.78, 5) is 29.7. The first kappa shape index (κ1) is 16.6. The molecule has 0 bridgehead atoms. The quantitative estimate of drug-likeness (QED) is 0.907. The number of carbonyl (C=O) groups is 2. The molecule has 2 aromatic heterocycles. The third-order valence-electron chi connectivity index (χ3n) is 3.92. The van der Waals surface area contributed by atoms with Crippen LogP contribution in [0.5, 0.6) is 0 Å². The average Bonchev–Trinajstić information content (AvgIpc) is 3.24. The second-order valence-corrected chi connectivity index (χ2v) is 7.73. The Morgan fingerprint density at radius 3 is 2.67 bits per heavy atom. The van der Waals surface area contributed by atoms with Crippen LogP contribution in [0.15, 0.2) is 11.6 Å². The van der Waals surface area contributed by atoms with Crippen molar-refractivity contribution in [3.8, 4) is 0 Å². The molecule has 128 valence electrons. The lowest BCUT2D eigenvalue weighted by Crippen LogP contribution is -2.29. The maximum atomic E-state index is 12.6. The minimum absolute atomic E-state index is 0.0599. The summed E-state index contributed by atoms with van der Waals surface area (Å²) in [6, 6.07) is -0.0599. The molecule has 0 aromatic carbocycles. The van der Waals surface area contributed by atoms with E-state index in [1.54, 1.807) is 10.3 Å². The summed E-state index contributed by atoms with van der Waals surface area (Å²) in [5.74, 6) is -1.20. The summed E-state index contributed by atoms with van der Waals surface area (Å²) in [5, 5.41) is 19.1. The van der Waals surface area contributed by atoms with Crippen LogP contribution < -0.4 is 0 Å². The van der Waals surface area contributed by atoms with Crippen molar-refractivity contribution in [1.82, 2.24) is 24.9 Å². The van der Waals surface area contributed by atoms with Crippen LogP contribution >= 0.6 is 11.3 Å². The molecule has 1 aliphatic rings. The minimum Gasteiger partial charge on any atom is -0.476 e. The second-order valence-electron chi connectivity index (χ2n) is 6.87. The first-order valence-corrected chi connectivity index (χ1v) is 8.54. The van der Waals surface area contributed by atoms with E-state index >= 15 is 0 Å². The van der Waals surface area contributed by atoms with Crippen molar-refractivity contribution in [2.24, 2.45) is 0 Å². The van der Waals surface area contributed by atoms with Crippen LogP contribution in [-0.4, -0.2) is 55.0 Å². The van der Waals surface area contributed by atoms with Crippen molar-refractivity contribution in [3.05, 3.63) is 28.0 Å². The summed E-state index contributed by atoms with van der Waals surface area (Å²) >= 11 is 1.50. The van der Waals surface area contributed by atoms with Gasteiger partial charge >= 0.3 is 5.97 Å². The van der Waals surface area contributed by atoms with Gasteiger partial charge in [-0.2, -0.15) is 0 Å². The minimum atomic E-state index is -1.11. The molecule has 8 nitrogen and oxygen atoms in total. The highest BCUT2D eigenvalue weighted by molar-refractivity contribution is 7.10. The summed E-state index contributed by atoms with van der Waals surface area (Å²) in [6.45, 7) is 7.27. The first-order chi connectivity index (χ1) is 11.3. The molecule has 24 heavy (non-hydrogen) atoms. The Labute approximate surface area is 143 Å². The van der Waals surface area contributed by atoms with Crippen LogP contribution in [0, 0.1) is 0 Å². The van der Waals surface area contributed by atoms with Crippen molar-refractivity contribution in [2.75, 3.05) is 13.1 Å². The topological polar surface area (TPSA) is 101 Å². The summed E-state index contributed by atoms with van der Waals surface area (Å²) in [5.41, 5.74) is 0.300. The molecule has 1 fully saturated rings. The van der Waals surface area contributed by atoms with Gasteiger partial charge in [0.1, 0.15) is 5.69 Å². The van der Waals surface area contributed by atoms with Gasteiger partial charge in [-0.1, -0.05) is 26.0 Å². The predicted molar refractivity (Wildman–Crippen MR) is 87.4 cm³/mol. The molecule has 2 aromatic rings. The monoisotopic (exact) mass is 349 g/mol. The van der Waals surface area contributed by atoms with Gasteiger partial charge in [0.2, 0.25) is 0 Å². The molecule has 0 aliphatic carbocycles. The third-order valence-corrected chi connectivity index (χ3v) is 5.19. The Hall–Kier alpha value is -2.29. The molecule has 0 spiro atoms. The summed E-state index contributed by atoms with van der Waals surface area (Å²) in [7, 11) is 0. The number of thiazole rings is 1. The Kier molecular flexibility index (Phi) is 4.12. The first-order valence-electron chi connectivity index (χ1n) is 7.66. The molecular weight excluding hydrogens is 330 g/mol. The van der Waals surface area contributed by atoms with E-state index < -0.39 is 5.97 Å². The van der Waals surface area contributed by atoms with E-state index in [9.17, 15) is 9.59 Å². The van der Waals surface area contributed by atoms with Crippen molar-refractivity contribution < 1.29 is 14.7 Å². The van der Waals surface area contributed by atoms with E-state index in [0.29, 0.717) is 25.2 Å². The molecule has 1 aliphatic heterocycles. The average molecular weight is 349 g/mol. The van der Waals surface area contributed by atoms with Crippen LogP contribution in [0.4, 0.5) is 0 Å². The Morgan fingerprint density at radius 2 is 2.08 bits per heavy atom. The third kappa shape index (κ3) is 3.16. The van der Waals surface area contributed by atoms with Crippen LogP contribution in [-0.2, 0) is 5.41 Å². The van der Waals surface area contributed by atoms with Gasteiger partial charge in [0.25, 0.3) is 5.91 Å². The number of aromatic nitrogens is 4. The van der Waals surface area contributed by atoms with Gasteiger partial charge in [0.05, 0.1) is 17.2 Å². The largest absolute Gasteiger partial charge is 0.476 e. The van der Waals surface area contributed by atoms with Gasteiger partial charge in [0, 0.05) is 23.9 Å². The Morgan fingerprint density at radius 1 is 1.33 bits per heavy atom. The van der Waals surface area contributed by atoms with Gasteiger partial charge in [-0.15, -0.1) is 16.4 Å². The molecule has 0 radical (unpaired) electrons. The van der Waals surface area contributed by atoms with Crippen molar-refractivity contribution in [1.29, 1.82) is 0 Å². The van der Waals surface area contributed by atoms with E-state index in [2.05, 4.69) is 36.1 Å². The van der Waals surface area contributed by atoms with E-state index in [0.717, 1.165) is 5.01 Å². The van der Waals surface area contributed by atoms with Crippen LogP contribution in [0.2, 0.25) is 0 Å². The summed E-state index contributed by atoms with van der Waals surface area (Å²) < 4.78 is 1.53. The van der Waals surface area contributed by atoms with Crippen molar-refractivity contribution in [2.45, 2.75) is 38.6 Å². The lowest BCUT2D eigenvalue weighted by atomic mass is 9.98. The standard InChI is InChI=1S/C15H19N5O3S/c1-15(2,3)14-16-11(8-24-14)12(21)19-5-4-9(6-19)20-7-10(13(22)23)17-18-20/h7-9H,4-6H2,1-3H3,(H,22,23). The van der Waals surface area contributed by atoms with Gasteiger partial charge in [-0.05, 0) is 6.42 Å². The number of likely N-dealkylation sites (tertiary alicyclic amines) is 1. The molecule has 3 rings (SSSR count). The number of carboxylic acids is 1. The SMILES string of the molecule is CC(C)(C)c1nc(C(=O)N2CCC(n3cc(C(=O)O)nn3)C2)cs1. The number of hydrogen-bond donors (Lipinski definition) is 1. The van der Waals surface area contributed by atoms with E-state index in [4.69, 9.17) is 5.11 Å². The zero-order valence-electron chi connectivity index (χ0n) is 13.8. The molecule has 0 saturated carbocycles. The van der Waals surface area contributed by atoms with E-state index in [1.807, 2.05) is 0 Å². The zero-order valence-corrected chi connectivity index (χ0v) is 14.6. The number of amides is 1. The molecule has 1 saturated heterocycles. The number of nitrogens with zero attached hydrogens (tertiary/aromatic N) is 5. The highest BCUT2D eigenvalue weighted by Gasteiger charge is 2.31. The normalized spacial score (nSPS) is 18.1. The van der Waals surface area contributed by atoms with Crippen LogP contribution in [0.3, 0.4) is 0 Å². The molecule has 9 heteroatoms. The second kappa shape index (κ2) is 5.97. The molecule has 1 N–H and O–H groups in total. The molecule has 1 unspecified atom stereocenters. The highest BCUT2D eigenvalue weighted by Crippen LogP contribution is 2.27. The number of aromatic carboxylic acids is 1. The Bertz CT molecular complexity index is 776. The van der Waals surface area contributed by atoms with Crippen LogP contribution in [0.1, 0.15) is 59.2 Å². The fourth-order valence-electron chi connectivity index (χ4n) is 2.57. The van der Waals surface area contributed by atoms with E-state index in [1.165, 1.54) is 22.2 Å². The molecule has 1 amide bonds. The fraction of sp³-hybridized carbons (Fsp3) is 0.533. The number of rotatable bonds is 3. The van der Waals surface area contributed by atoms with E-state index in [-0.39, 0.29) is 23.1 Å². The lowest BCUT2D eigenvalue weighted by Gasteiger charge is -2.16. The van der Waals surface area contributed by atoms with Gasteiger partial charge in [0.15, 0.2) is 5.69 Å². The van der Waals surface area contributed by atoms with Crippen molar-refractivity contribution in [3.63, 3.8) is 0 Å². The molecule has 3 heterocycles. The smallest absolute Gasteiger partial charge is 0.358 e. The number of carboxylic acid groups (broad SMARTS) is 1. The molecular formula is C15H19N5O3S. The van der Waals surface area contributed by atoms with Gasteiger partial charge in [-0.3, -0.25) is 4.79 Å². The predicted octanol–water partition coefficient (Wildman–Crippen LogP) is 1.82.